The summed E-state index contributed by atoms with van der Waals surface area (Å²) in [4.78, 5) is 6.58. The second kappa shape index (κ2) is 13.7. The molecule has 24 heavy (non-hydrogen) atoms. The summed E-state index contributed by atoms with van der Waals surface area (Å²) in [5, 5.41) is 0. The largest absolute Gasteiger partial charge is 0.379 e. The fourth-order valence-electron chi connectivity index (χ4n) is 2.24. The van der Waals surface area contributed by atoms with E-state index >= 15 is 0 Å². The van der Waals surface area contributed by atoms with Crippen LogP contribution in [0.1, 0.15) is 12.0 Å². The van der Waals surface area contributed by atoms with E-state index in [4.69, 9.17) is 15.2 Å². The van der Waals surface area contributed by atoms with Gasteiger partial charge in [0.25, 0.3) is 0 Å². The number of thioether (sulfide) groups is 1. The molecule has 0 aliphatic carbocycles. The Morgan fingerprint density at radius 1 is 1.08 bits per heavy atom. The first-order chi connectivity index (χ1) is 11.4. The maximum absolute atomic E-state index is 5.99. The summed E-state index contributed by atoms with van der Waals surface area (Å²) in [6, 6.07) is 10.2. The molecule has 0 amide bonds. The number of nitrogens with two attached hydrogens (primary N) is 1. The Hall–Kier alpha value is -0.510. The smallest absolute Gasteiger partial charge is 0.191 e. The van der Waals surface area contributed by atoms with Gasteiger partial charge in [-0.05, 0) is 12.0 Å². The summed E-state index contributed by atoms with van der Waals surface area (Å²) < 4.78 is 11.1. The lowest BCUT2D eigenvalue weighted by atomic mass is 10.2. The molecule has 1 fully saturated rings. The summed E-state index contributed by atoms with van der Waals surface area (Å²) in [5.74, 6) is 2.96. The molecule has 0 radical (unpaired) electrons. The molecule has 0 bridgehead atoms. The van der Waals surface area contributed by atoms with Crippen molar-refractivity contribution in [3.8, 4) is 0 Å². The van der Waals surface area contributed by atoms with Crippen LogP contribution in [0, 0.1) is 0 Å². The van der Waals surface area contributed by atoms with Crippen molar-refractivity contribution in [3.05, 3.63) is 35.9 Å². The molecule has 1 aliphatic rings. The number of ether oxygens (including phenoxy) is 2. The van der Waals surface area contributed by atoms with Crippen molar-refractivity contribution >= 4 is 41.7 Å². The molecule has 0 spiro atoms. The minimum Gasteiger partial charge on any atom is -0.379 e. The topological polar surface area (TPSA) is 60.1 Å². The number of hydrogen-bond acceptors (Lipinski definition) is 4. The van der Waals surface area contributed by atoms with Gasteiger partial charge in [0.05, 0.1) is 19.8 Å². The Labute approximate surface area is 166 Å². The zero-order valence-electron chi connectivity index (χ0n) is 14.1. The molecular formula is C17H28IN3O2S. The predicted octanol–water partition coefficient (Wildman–Crippen LogP) is 2.59. The minimum absolute atomic E-state index is 0. The zero-order valence-corrected chi connectivity index (χ0v) is 17.2. The van der Waals surface area contributed by atoms with Crippen molar-refractivity contribution in [2.75, 3.05) is 51.0 Å². The normalized spacial score (nSPS) is 15.2. The van der Waals surface area contributed by atoms with E-state index in [-0.39, 0.29) is 24.0 Å². The highest BCUT2D eigenvalue weighted by atomic mass is 127. The predicted molar refractivity (Wildman–Crippen MR) is 112 cm³/mol. The monoisotopic (exact) mass is 465 g/mol. The zero-order chi connectivity index (χ0) is 16.2. The van der Waals surface area contributed by atoms with Crippen LogP contribution in [-0.4, -0.2) is 61.8 Å². The molecule has 0 atom stereocenters. The first-order valence-corrected chi connectivity index (χ1v) is 9.34. The van der Waals surface area contributed by atoms with Crippen molar-refractivity contribution in [3.63, 3.8) is 0 Å². The molecule has 1 aromatic carbocycles. The van der Waals surface area contributed by atoms with Gasteiger partial charge in [0, 0.05) is 37.7 Å². The van der Waals surface area contributed by atoms with Crippen LogP contribution in [-0.2, 0) is 16.1 Å². The van der Waals surface area contributed by atoms with Gasteiger partial charge in [-0.25, -0.2) is 0 Å². The minimum atomic E-state index is 0. The Bertz CT molecular complexity index is 456. The lowest BCUT2D eigenvalue weighted by Crippen LogP contribution is -2.42. The number of nitrogens with zero attached hydrogens (tertiary/aromatic N) is 2. The summed E-state index contributed by atoms with van der Waals surface area (Å²) in [5.41, 5.74) is 7.18. The average Bonchev–Trinajstić information content (AvgIpc) is 2.61. The van der Waals surface area contributed by atoms with E-state index in [0.29, 0.717) is 32.4 Å². The van der Waals surface area contributed by atoms with E-state index < -0.39 is 0 Å². The van der Waals surface area contributed by atoms with Crippen LogP contribution >= 0.6 is 35.7 Å². The standard InChI is InChI=1S/C17H27N3O2S.HI/c18-17(20-8-13-23-14-9-20)19-7-4-10-21-11-12-22-15-16-5-2-1-3-6-16;/h1-3,5-6H,4,7-15H2,(H2,18,19);1H. The van der Waals surface area contributed by atoms with Gasteiger partial charge >= 0.3 is 0 Å². The molecule has 7 heteroatoms. The molecule has 0 unspecified atom stereocenters. The number of halogens is 1. The van der Waals surface area contributed by atoms with Gasteiger partial charge in [0.15, 0.2) is 5.96 Å². The third-order valence-corrected chi connectivity index (χ3v) is 4.48. The molecule has 1 saturated heterocycles. The van der Waals surface area contributed by atoms with Crippen LogP contribution in [0.2, 0.25) is 0 Å². The van der Waals surface area contributed by atoms with Gasteiger partial charge in [-0.1, -0.05) is 30.3 Å². The molecule has 2 rings (SSSR count). The van der Waals surface area contributed by atoms with Crippen LogP contribution in [0.4, 0.5) is 0 Å². The Morgan fingerprint density at radius 2 is 1.79 bits per heavy atom. The van der Waals surface area contributed by atoms with E-state index in [1.165, 1.54) is 5.56 Å². The lowest BCUT2D eigenvalue weighted by molar-refractivity contribution is 0.0403. The SMILES string of the molecule is I.NC(=NCCCOCCOCc1ccccc1)N1CCSCC1. The molecule has 0 aromatic heterocycles. The molecule has 0 saturated carbocycles. The van der Waals surface area contributed by atoms with Crippen LogP contribution in [0.3, 0.4) is 0 Å². The highest BCUT2D eigenvalue weighted by Crippen LogP contribution is 2.08. The first kappa shape index (κ1) is 21.5. The fraction of sp³-hybridized carbons (Fsp3) is 0.588. The van der Waals surface area contributed by atoms with Crippen molar-refractivity contribution in [1.29, 1.82) is 0 Å². The van der Waals surface area contributed by atoms with Gasteiger partial charge in [-0.3, -0.25) is 4.99 Å². The Kier molecular flexibility index (Phi) is 12.3. The molecule has 5 nitrogen and oxygen atoms in total. The van der Waals surface area contributed by atoms with E-state index in [2.05, 4.69) is 22.0 Å². The lowest BCUT2D eigenvalue weighted by Gasteiger charge is -2.27. The molecule has 136 valence electrons. The highest BCUT2D eigenvalue weighted by Gasteiger charge is 2.11. The second-order valence-electron chi connectivity index (χ2n) is 5.34. The van der Waals surface area contributed by atoms with Gasteiger partial charge < -0.3 is 20.1 Å². The molecule has 1 heterocycles. The average molecular weight is 465 g/mol. The highest BCUT2D eigenvalue weighted by molar-refractivity contribution is 14.0. The van der Waals surface area contributed by atoms with E-state index in [9.17, 15) is 0 Å². The third-order valence-electron chi connectivity index (χ3n) is 3.54. The summed E-state index contributed by atoms with van der Waals surface area (Å²) in [7, 11) is 0. The van der Waals surface area contributed by atoms with Crippen molar-refractivity contribution in [2.45, 2.75) is 13.0 Å². The summed E-state index contributed by atoms with van der Waals surface area (Å²) in [6.45, 7) is 5.31. The van der Waals surface area contributed by atoms with Crippen molar-refractivity contribution in [2.24, 2.45) is 10.7 Å². The second-order valence-corrected chi connectivity index (χ2v) is 6.57. The van der Waals surface area contributed by atoms with Crippen LogP contribution in [0.15, 0.2) is 35.3 Å². The summed E-state index contributed by atoms with van der Waals surface area (Å²) >= 11 is 1.97. The molecule has 1 aromatic rings. The molecule has 2 N–H and O–H groups in total. The molecule has 1 aliphatic heterocycles. The van der Waals surface area contributed by atoms with E-state index in [1.54, 1.807) is 0 Å². The quantitative estimate of drug-likeness (QED) is 0.263. The maximum Gasteiger partial charge on any atom is 0.191 e. The number of hydrogen-bond donors (Lipinski definition) is 1. The Morgan fingerprint density at radius 3 is 2.54 bits per heavy atom. The maximum atomic E-state index is 5.99. The van der Waals surface area contributed by atoms with E-state index in [1.807, 2.05) is 30.0 Å². The van der Waals surface area contributed by atoms with E-state index in [0.717, 1.165) is 37.6 Å². The number of benzene rings is 1. The Balaban J connectivity index is 0.00000288. The van der Waals surface area contributed by atoms with Crippen LogP contribution in [0.5, 0.6) is 0 Å². The van der Waals surface area contributed by atoms with Gasteiger partial charge in [0.1, 0.15) is 0 Å². The van der Waals surface area contributed by atoms with Crippen LogP contribution in [0.25, 0.3) is 0 Å². The van der Waals surface area contributed by atoms with Gasteiger partial charge in [-0.15, -0.1) is 24.0 Å². The fourth-order valence-corrected chi connectivity index (χ4v) is 3.14. The first-order valence-electron chi connectivity index (χ1n) is 8.18. The van der Waals surface area contributed by atoms with Crippen molar-refractivity contribution < 1.29 is 9.47 Å². The number of aliphatic imine (C=N–C) groups is 1. The van der Waals surface area contributed by atoms with Crippen LogP contribution < -0.4 is 5.73 Å². The van der Waals surface area contributed by atoms with Crippen molar-refractivity contribution in [1.82, 2.24) is 4.90 Å². The van der Waals surface area contributed by atoms with Gasteiger partial charge in [0.2, 0.25) is 0 Å². The number of rotatable bonds is 9. The summed E-state index contributed by atoms with van der Waals surface area (Å²) in [6.07, 6.45) is 0.891. The third kappa shape index (κ3) is 9.10. The number of guanidine groups is 1. The van der Waals surface area contributed by atoms with Gasteiger partial charge in [-0.2, -0.15) is 11.8 Å². The molecular weight excluding hydrogens is 437 g/mol.